The molecule has 82 valence electrons. The SMILES string of the molecule is Cc1ccc2c(C(=O)O)c(O)c(O)cc2c1. The number of carbonyl (C=O) groups is 1. The quantitative estimate of drug-likeness (QED) is 0.641. The number of phenols is 2. The third-order valence-corrected chi connectivity index (χ3v) is 2.46. The van der Waals surface area contributed by atoms with Crippen LogP contribution >= 0.6 is 0 Å². The molecular weight excluding hydrogens is 208 g/mol. The summed E-state index contributed by atoms with van der Waals surface area (Å²) < 4.78 is 0. The van der Waals surface area contributed by atoms with E-state index >= 15 is 0 Å². The van der Waals surface area contributed by atoms with Gasteiger partial charge in [0.25, 0.3) is 0 Å². The molecule has 0 aromatic heterocycles. The normalized spacial score (nSPS) is 10.6. The van der Waals surface area contributed by atoms with Gasteiger partial charge in [-0.05, 0) is 18.4 Å². The third-order valence-electron chi connectivity index (χ3n) is 2.46. The summed E-state index contributed by atoms with van der Waals surface area (Å²) in [4.78, 5) is 11.0. The molecule has 4 heteroatoms. The van der Waals surface area contributed by atoms with E-state index in [1.54, 1.807) is 18.2 Å². The van der Waals surface area contributed by atoms with Gasteiger partial charge in [0.15, 0.2) is 11.5 Å². The fourth-order valence-corrected chi connectivity index (χ4v) is 1.72. The van der Waals surface area contributed by atoms with Gasteiger partial charge in [0.1, 0.15) is 5.56 Å². The Bertz CT molecular complexity index is 587. The average Bonchev–Trinajstić information content (AvgIpc) is 2.19. The van der Waals surface area contributed by atoms with Crippen molar-refractivity contribution in [1.82, 2.24) is 0 Å². The number of phenolic OH excluding ortho intramolecular Hbond substituents is 1. The largest absolute Gasteiger partial charge is 0.504 e. The van der Waals surface area contributed by atoms with Crippen LogP contribution in [0.25, 0.3) is 10.8 Å². The van der Waals surface area contributed by atoms with Gasteiger partial charge in [-0.15, -0.1) is 0 Å². The highest BCUT2D eigenvalue weighted by Crippen LogP contribution is 2.35. The van der Waals surface area contributed by atoms with E-state index < -0.39 is 17.5 Å². The zero-order valence-electron chi connectivity index (χ0n) is 8.56. The van der Waals surface area contributed by atoms with E-state index in [0.29, 0.717) is 10.8 Å². The standard InChI is InChI=1S/C12H10O4/c1-6-2-3-8-7(4-6)5-9(13)11(14)10(8)12(15)16/h2-5,13-14H,1H3,(H,15,16). The minimum Gasteiger partial charge on any atom is -0.504 e. The molecule has 4 nitrogen and oxygen atoms in total. The average molecular weight is 218 g/mol. The van der Waals surface area contributed by atoms with E-state index in [1.165, 1.54) is 6.07 Å². The highest BCUT2D eigenvalue weighted by atomic mass is 16.4. The lowest BCUT2D eigenvalue weighted by molar-refractivity contribution is 0.0695. The summed E-state index contributed by atoms with van der Waals surface area (Å²) in [7, 11) is 0. The number of aryl methyl sites for hydroxylation is 1. The Kier molecular flexibility index (Phi) is 2.20. The zero-order valence-corrected chi connectivity index (χ0v) is 8.56. The first kappa shape index (κ1) is 10.3. The molecular formula is C12H10O4. The summed E-state index contributed by atoms with van der Waals surface area (Å²) in [5.74, 6) is -2.28. The topological polar surface area (TPSA) is 77.8 Å². The second-order valence-electron chi connectivity index (χ2n) is 3.65. The molecule has 0 atom stereocenters. The van der Waals surface area contributed by atoms with Gasteiger partial charge >= 0.3 is 5.97 Å². The first-order valence-electron chi connectivity index (χ1n) is 4.69. The summed E-state index contributed by atoms with van der Waals surface area (Å²) >= 11 is 0. The number of hydrogen-bond acceptors (Lipinski definition) is 3. The highest BCUT2D eigenvalue weighted by molar-refractivity contribution is 6.07. The number of carboxylic acids is 1. The lowest BCUT2D eigenvalue weighted by atomic mass is 10.0. The monoisotopic (exact) mass is 218 g/mol. The summed E-state index contributed by atoms with van der Waals surface area (Å²) in [6.07, 6.45) is 0. The molecule has 0 saturated carbocycles. The first-order chi connectivity index (χ1) is 7.50. The molecule has 2 rings (SSSR count). The van der Waals surface area contributed by atoms with Crippen LogP contribution in [0.3, 0.4) is 0 Å². The van der Waals surface area contributed by atoms with Crippen molar-refractivity contribution in [1.29, 1.82) is 0 Å². The van der Waals surface area contributed by atoms with Crippen molar-refractivity contribution in [3.8, 4) is 11.5 Å². The molecule has 0 fully saturated rings. The molecule has 0 radical (unpaired) electrons. The van der Waals surface area contributed by atoms with Crippen LogP contribution < -0.4 is 0 Å². The van der Waals surface area contributed by atoms with E-state index in [9.17, 15) is 15.0 Å². The second-order valence-corrected chi connectivity index (χ2v) is 3.65. The van der Waals surface area contributed by atoms with Crippen molar-refractivity contribution < 1.29 is 20.1 Å². The number of benzene rings is 2. The summed E-state index contributed by atoms with van der Waals surface area (Å²) in [6, 6.07) is 6.48. The maximum absolute atomic E-state index is 11.0. The number of aromatic hydroxyl groups is 2. The van der Waals surface area contributed by atoms with E-state index in [0.717, 1.165) is 5.56 Å². The minimum atomic E-state index is -1.26. The summed E-state index contributed by atoms with van der Waals surface area (Å²) in [5, 5.41) is 28.9. The van der Waals surface area contributed by atoms with Crippen LogP contribution in [0.5, 0.6) is 11.5 Å². The van der Waals surface area contributed by atoms with E-state index in [2.05, 4.69) is 0 Å². The number of fused-ring (bicyclic) bond motifs is 1. The maximum Gasteiger partial charge on any atom is 0.340 e. The number of aromatic carboxylic acids is 1. The predicted octanol–water partition coefficient (Wildman–Crippen LogP) is 2.26. The first-order valence-corrected chi connectivity index (χ1v) is 4.69. The second kappa shape index (κ2) is 3.41. The Hall–Kier alpha value is -2.23. The lowest BCUT2D eigenvalue weighted by Gasteiger charge is -2.07. The van der Waals surface area contributed by atoms with Crippen LogP contribution in [0.15, 0.2) is 24.3 Å². The minimum absolute atomic E-state index is 0.269. The third kappa shape index (κ3) is 1.44. The fraction of sp³-hybridized carbons (Fsp3) is 0.0833. The van der Waals surface area contributed by atoms with Crippen LogP contribution in [0.1, 0.15) is 15.9 Å². The smallest absolute Gasteiger partial charge is 0.340 e. The van der Waals surface area contributed by atoms with Gasteiger partial charge in [-0.25, -0.2) is 4.79 Å². The molecule has 16 heavy (non-hydrogen) atoms. The molecule has 0 aliphatic carbocycles. The Balaban J connectivity index is 2.94. The Morgan fingerprint density at radius 1 is 1.19 bits per heavy atom. The Morgan fingerprint density at radius 3 is 2.50 bits per heavy atom. The summed E-state index contributed by atoms with van der Waals surface area (Å²) in [6.45, 7) is 1.86. The molecule has 0 aliphatic rings. The van der Waals surface area contributed by atoms with Gasteiger partial charge in [0, 0.05) is 5.39 Å². The van der Waals surface area contributed by atoms with Crippen molar-refractivity contribution in [2.75, 3.05) is 0 Å². The Morgan fingerprint density at radius 2 is 1.88 bits per heavy atom. The fourth-order valence-electron chi connectivity index (χ4n) is 1.72. The molecule has 3 N–H and O–H groups in total. The molecule has 0 bridgehead atoms. The number of rotatable bonds is 1. The molecule has 2 aromatic rings. The molecule has 0 amide bonds. The van der Waals surface area contributed by atoms with Crippen LogP contribution in [0.2, 0.25) is 0 Å². The summed E-state index contributed by atoms with van der Waals surface area (Å²) in [5.41, 5.74) is 0.684. The predicted molar refractivity (Wildman–Crippen MR) is 59.0 cm³/mol. The van der Waals surface area contributed by atoms with Gasteiger partial charge in [-0.2, -0.15) is 0 Å². The van der Waals surface area contributed by atoms with Crippen molar-refractivity contribution in [3.63, 3.8) is 0 Å². The highest BCUT2D eigenvalue weighted by Gasteiger charge is 2.17. The molecule has 0 heterocycles. The molecule has 2 aromatic carbocycles. The maximum atomic E-state index is 11.0. The van der Waals surface area contributed by atoms with E-state index in [4.69, 9.17) is 5.11 Å². The van der Waals surface area contributed by atoms with Crippen LogP contribution in [0, 0.1) is 6.92 Å². The van der Waals surface area contributed by atoms with Crippen molar-refractivity contribution in [2.45, 2.75) is 6.92 Å². The van der Waals surface area contributed by atoms with Gasteiger partial charge in [-0.1, -0.05) is 23.8 Å². The van der Waals surface area contributed by atoms with E-state index in [1.807, 2.05) is 6.92 Å². The van der Waals surface area contributed by atoms with E-state index in [-0.39, 0.29) is 5.56 Å². The zero-order chi connectivity index (χ0) is 11.9. The van der Waals surface area contributed by atoms with Crippen molar-refractivity contribution >= 4 is 16.7 Å². The van der Waals surface area contributed by atoms with Crippen LogP contribution in [-0.4, -0.2) is 21.3 Å². The van der Waals surface area contributed by atoms with Crippen LogP contribution in [0.4, 0.5) is 0 Å². The number of hydrogen-bond donors (Lipinski definition) is 3. The lowest BCUT2D eigenvalue weighted by Crippen LogP contribution is -1.98. The van der Waals surface area contributed by atoms with Crippen LogP contribution in [-0.2, 0) is 0 Å². The molecule has 0 spiro atoms. The van der Waals surface area contributed by atoms with Crippen molar-refractivity contribution in [2.24, 2.45) is 0 Å². The van der Waals surface area contributed by atoms with Gasteiger partial charge in [-0.3, -0.25) is 0 Å². The van der Waals surface area contributed by atoms with Gasteiger partial charge < -0.3 is 15.3 Å². The van der Waals surface area contributed by atoms with Gasteiger partial charge in [0.2, 0.25) is 0 Å². The Labute approximate surface area is 91.4 Å². The molecule has 0 unspecified atom stereocenters. The molecule has 0 aliphatic heterocycles. The van der Waals surface area contributed by atoms with Crippen molar-refractivity contribution in [3.05, 3.63) is 35.4 Å². The van der Waals surface area contributed by atoms with Gasteiger partial charge in [0.05, 0.1) is 0 Å². The molecule has 0 saturated heterocycles. The number of carboxylic acid groups (broad SMARTS) is 1.